The molecule has 0 unspecified atom stereocenters. The molecule has 1 amide bonds. The number of anilines is 1. The second-order valence-corrected chi connectivity index (χ2v) is 7.58. The molecule has 7 heteroatoms. The Morgan fingerprint density at radius 1 is 1.24 bits per heavy atom. The summed E-state index contributed by atoms with van der Waals surface area (Å²) in [7, 11) is 1.63. The van der Waals surface area contributed by atoms with Gasteiger partial charge in [-0.2, -0.15) is 5.26 Å². The van der Waals surface area contributed by atoms with Gasteiger partial charge in [0.15, 0.2) is 5.16 Å². The second-order valence-electron chi connectivity index (χ2n) is 6.27. The van der Waals surface area contributed by atoms with Gasteiger partial charge in [-0.15, -0.1) is 0 Å². The number of nitriles is 1. The van der Waals surface area contributed by atoms with Crippen LogP contribution in [0.25, 0.3) is 5.69 Å². The van der Waals surface area contributed by atoms with Crippen LogP contribution in [0, 0.1) is 11.3 Å². The summed E-state index contributed by atoms with van der Waals surface area (Å²) >= 11 is 1.39. The van der Waals surface area contributed by atoms with Crippen LogP contribution in [0.3, 0.4) is 0 Å². The minimum absolute atomic E-state index is 0.0549. The fraction of sp³-hybridized carbons (Fsp3) is 0.227. The van der Waals surface area contributed by atoms with Gasteiger partial charge in [0.1, 0.15) is 5.75 Å². The summed E-state index contributed by atoms with van der Waals surface area (Å²) in [6.45, 7) is 2.22. The minimum atomic E-state index is -0.367. The third-order valence-corrected chi connectivity index (χ3v) is 5.44. The first-order valence-corrected chi connectivity index (χ1v) is 10.1. The van der Waals surface area contributed by atoms with E-state index in [-0.39, 0.29) is 17.6 Å². The van der Waals surface area contributed by atoms with Gasteiger partial charge in [-0.3, -0.25) is 9.36 Å². The Balaban J connectivity index is 1.78. The summed E-state index contributed by atoms with van der Waals surface area (Å²) in [6, 6.07) is 19.2. The number of amides is 1. The predicted octanol–water partition coefficient (Wildman–Crippen LogP) is 4.31. The quantitative estimate of drug-likeness (QED) is 0.521. The summed E-state index contributed by atoms with van der Waals surface area (Å²) in [5, 5.41) is 9.33. The van der Waals surface area contributed by atoms with E-state index in [0.29, 0.717) is 6.54 Å². The van der Waals surface area contributed by atoms with Crippen LogP contribution >= 0.6 is 11.8 Å². The van der Waals surface area contributed by atoms with E-state index in [9.17, 15) is 4.79 Å². The monoisotopic (exact) mass is 406 g/mol. The molecule has 1 aromatic heterocycles. The maximum Gasteiger partial charge on any atom is 0.240 e. The average Bonchev–Trinajstić information content (AvgIpc) is 3.22. The van der Waals surface area contributed by atoms with Gasteiger partial charge in [0, 0.05) is 30.3 Å². The number of hydrogen-bond acceptors (Lipinski definition) is 5. The molecule has 0 spiro atoms. The van der Waals surface area contributed by atoms with E-state index in [1.807, 2.05) is 72.3 Å². The smallest absolute Gasteiger partial charge is 0.240 e. The number of thioether (sulfide) groups is 1. The van der Waals surface area contributed by atoms with Crippen LogP contribution in [0.4, 0.5) is 5.69 Å². The van der Waals surface area contributed by atoms with E-state index in [4.69, 9.17) is 10.00 Å². The van der Waals surface area contributed by atoms with Crippen LogP contribution in [0.1, 0.15) is 13.3 Å². The zero-order valence-corrected chi connectivity index (χ0v) is 17.2. The lowest BCUT2D eigenvalue weighted by Crippen LogP contribution is -2.37. The summed E-state index contributed by atoms with van der Waals surface area (Å²) in [5.74, 6) is 0.725. The van der Waals surface area contributed by atoms with Crippen molar-refractivity contribution >= 4 is 23.4 Å². The maximum atomic E-state index is 13.1. The van der Waals surface area contributed by atoms with Crippen LogP contribution in [0.2, 0.25) is 0 Å². The molecule has 0 saturated carbocycles. The fourth-order valence-electron chi connectivity index (χ4n) is 2.88. The molecule has 1 heterocycles. The van der Waals surface area contributed by atoms with Crippen LogP contribution in [-0.2, 0) is 4.79 Å². The molecule has 0 aliphatic carbocycles. The second kappa shape index (κ2) is 9.80. The Hall–Kier alpha value is -3.24. The van der Waals surface area contributed by atoms with Gasteiger partial charge in [-0.05, 0) is 43.3 Å². The molecule has 29 heavy (non-hydrogen) atoms. The van der Waals surface area contributed by atoms with Crippen molar-refractivity contribution in [3.8, 4) is 17.5 Å². The first-order chi connectivity index (χ1) is 14.1. The number of carbonyl (C=O) groups excluding carboxylic acids is 1. The number of ether oxygens (including phenoxy) is 1. The molecule has 2 aromatic carbocycles. The number of hydrogen-bond donors (Lipinski definition) is 0. The molecule has 0 aliphatic rings. The number of methoxy groups -OCH3 is 1. The topological polar surface area (TPSA) is 71.2 Å². The van der Waals surface area contributed by atoms with Crippen molar-refractivity contribution in [2.75, 3.05) is 18.6 Å². The Kier molecular flexibility index (Phi) is 6.93. The van der Waals surface area contributed by atoms with Gasteiger partial charge in [0.2, 0.25) is 5.91 Å². The van der Waals surface area contributed by atoms with Crippen LogP contribution in [0.15, 0.2) is 72.1 Å². The molecule has 1 atom stereocenters. The van der Waals surface area contributed by atoms with Gasteiger partial charge < -0.3 is 9.64 Å². The number of carbonyl (C=O) groups is 1. The van der Waals surface area contributed by atoms with Crippen molar-refractivity contribution in [2.24, 2.45) is 0 Å². The summed E-state index contributed by atoms with van der Waals surface area (Å²) < 4.78 is 7.15. The molecule has 148 valence electrons. The third-order valence-electron chi connectivity index (χ3n) is 4.37. The number of benzene rings is 2. The lowest BCUT2D eigenvalue weighted by atomic mass is 10.2. The zero-order chi connectivity index (χ0) is 20.6. The molecule has 0 saturated heterocycles. The maximum absolute atomic E-state index is 13.1. The van der Waals surface area contributed by atoms with Crippen molar-refractivity contribution in [1.82, 2.24) is 9.55 Å². The van der Waals surface area contributed by atoms with Gasteiger partial charge in [-0.1, -0.05) is 30.0 Å². The zero-order valence-electron chi connectivity index (χ0n) is 16.4. The number of rotatable bonds is 8. The lowest BCUT2D eigenvalue weighted by Gasteiger charge is -2.25. The molecule has 3 aromatic rings. The van der Waals surface area contributed by atoms with Crippen LogP contribution < -0.4 is 9.64 Å². The van der Waals surface area contributed by atoms with E-state index in [1.165, 1.54) is 11.8 Å². The van der Waals surface area contributed by atoms with E-state index >= 15 is 0 Å². The number of imidazole rings is 1. The van der Waals surface area contributed by atoms with Crippen molar-refractivity contribution in [3.63, 3.8) is 0 Å². The summed E-state index contributed by atoms with van der Waals surface area (Å²) in [4.78, 5) is 19.2. The van der Waals surface area contributed by atoms with Gasteiger partial charge in [-0.25, -0.2) is 4.98 Å². The fourth-order valence-corrected chi connectivity index (χ4v) is 3.83. The summed E-state index contributed by atoms with van der Waals surface area (Å²) in [5.41, 5.74) is 1.73. The molecule has 3 rings (SSSR count). The van der Waals surface area contributed by atoms with E-state index in [2.05, 4.69) is 11.1 Å². The van der Waals surface area contributed by atoms with Crippen molar-refractivity contribution in [3.05, 3.63) is 67.0 Å². The Morgan fingerprint density at radius 3 is 2.62 bits per heavy atom. The van der Waals surface area contributed by atoms with Crippen molar-refractivity contribution in [1.29, 1.82) is 5.26 Å². The number of aromatic nitrogens is 2. The molecule has 0 N–H and O–H groups in total. The first-order valence-electron chi connectivity index (χ1n) is 9.22. The Morgan fingerprint density at radius 2 is 1.97 bits per heavy atom. The standard InChI is InChI=1S/C22H22N4O2S/c1-17(21(27)25(15-6-13-23)18-7-4-3-5-8-18)29-22-24-14-16-26(22)19-9-11-20(28-2)12-10-19/h3-5,7-12,14,16-17H,6,15H2,1-2H3/t17-/m1/s1. The predicted molar refractivity (Wildman–Crippen MR) is 114 cm³/mol. The van der Waals surface area contributed by atoms with Crippen LogP contribution in [0.5, 0.6) is 5.75 Å². The van der Waals surface area contributed by atoms with Gasteiger partial charge >= 0.3 is 0 Å². The van der Waals surface area contributed by atoms with E-state index in [1.54, 1.807) is 18.2 Å². The molecular formula is C22H22N4O2S. The highest BCUT2D eigenvalue weighted by Crippen LogP contribution is 2.28. The van der Waals surface area contributed by atoms with Crippen molar-refractivity contribution < 1.29 is 9.53 Å². The van der Waals surface area contributed by atoms with E-state index < -0.39 is 0 Å². The highest BCUT2D eigenvalue weighted by atomic mass is 32.2. The SMILES string of the molecule is COc1ccc(-n2ccnc2S[C@H](C)C(=O)N(CCC#N)c2ccccc2)cc1. The Labute approximate surface area is 174 Å². The summed E-state index contributed by atoms with van der Waals surface area (Å²) in [6.07, 6.45) is 3.86. The molecule has 0 fully saturated rings. The number of nitrogens with zero attached hydrogens (tertiary/aromatic N) is 4. The molecule has 6 nitrogen and oxygen atoms in total. The molecule has 0 aliphatic heterocycles. The van der Waals surface area contributed by atoms with Gasteiger partial charge in [0.05, 0.1) is 24.8 Å². The average molecular weight is 407 g/mol. The molecule has 0 radical (unpaired) electrons. The minimum Gasteiger partial charge on any atom is -0.497 e. The Bertz CT molecular complexity index is 980. The molecule has 0 bridgehead atoms. The third kappa shape index (κ3) is 4.98. The first kappa shape index (κ1) is 20.5. The van der Waals surface area contributed by atoms with Gasteiger partial charge in [0.25, 0.3) is 0 Å². The van der Waals surface area contributed by atoms with Crippen LogP contribution in [-0.4, -0.2) is 34.4 Å². The normalized spacial score (nSPS) is 11.5. The number of para-hydroxylation sites is 1. The highest BCUT2D eigenvalue weighted by molar-refractivity contribution is 8.00. The lowest BCUT2D eigenvalue weighted by molar-refractivity contribution is -0.117. The highest BCUT2D eigenvalue weighted by Gasteiger charge is 2.24. The molecular weight excluding hydrogens is 384 g/mol. The van der Waals surface area contributed by atoms with Crippen molar-refractivity contribution in [2.45, 2.75) is 23.8 Å². The van der Waals surface area contributed by atoms with E-state index in [0.717, 1.165) is 22.3 Å². The largest absolute Gasteiger partial charge is 0.497 e.